The summed E-state index contributed by atoms with van der Waals surface area (Å²) >= 11 is 0. The van der Waals surface area contributed by atoms with Gasteiger partial charge in [0.2, 0.25) is 0 Å². The van der Waals surface area contributed by atoms with Gasteiger partial charge in [-0.15, -0.1) is 0 Å². The molecular weight excluding hydrogens is 362 g/mol. The van der Waals surface area contributed by atoms with E-state index in [4.69, 9.17) is 11.5 Å². The zero-order valence-electron chi connectivity index (χ0n) is 15.8. The third-order valence-corrected chi connectivity index (χ3v) is 4.77. The van der Waals surface area contributed by atoms with Crippen LogP contribution in [0.3, 0.4) is 0 Å². The van der Waals surface area contributed by atoms with E-state index in [-0.39, 0.29) is 12.2 Å². The quantitative estimate of drug-likeness (QED) is 0.473. The Morgan fingerprint density at radius 2 is 1.79 bits per heavy atom. The van der Waals surface area contributed by atoms with Crippen LogP contribution in [-0.4, -0.2) is 15.9 Å². The highest BCUT2D eigenvalue weighted by molar-refractivity contribution is 5.94. The Hall–Kier alpha value is -3.77. The Bertz CT molecular complexity index is 1180. The van der Waals surface area contributed by atoms with Crippen molar-refractivity contribution in [2.45, 2.75) is 13.1 Å². The van der Waals surface area contributed by atoms with Gasteiger partial charge in [-0.05, 0) is 23.1 Å². The van der Waals surface area contributed by atoms with Gasteiger partial charge in [-0.25, -0.2) is 4.98 Å². The van der Waals surface area contributed by atoms with Crippen LogP contribution in [0.2, 0.25) is 0 Å². The number of nitrogens with one attached hydrogen (secondary N) is 1. The maximum Gasteiger partial charge on any atom is 0.269 e. The predicted octanol–water partition coefficient (Wildman–Crippen LogP) is 3.47. The molecule has 0 spiro atoms. The molecule has 144 valence electrons. The first-order chi connectivity index (χ1) is 14.2. The number of benzene rings is 3. The molecule has 0 aliphatic heterocycles. The molecule has 0 atom stereocenters. The first-order valence-corrected chi connectivity index (χ1v) is 9.32. The van der Waals surface area contributed by atoms with E-state index < -0.39 is 5.91 Å². The van der Waals surface area contributed by atoms with Gasteiger partial charge in [0.25, 0.3) is 5.91 Å². The average molecular weight is 383 g/mol. The minimum atomic E-state index is -0.631. The van der Waals surface area contributed by atoms with Crippen molar-refractivity contribution >= 4 is 22.4 Å². The number of fused-ring (bicyclic) bond motifs is 1. The number of anilines is 1. The van der Waals surface area contributed by atoms with Crippen molar-refractivity contribution in [1.82, 2.24) is 9.97 Å². The fraction of sp³-hybridized carbons (Fsp3) is 0.0870. The van der Waals surface area contributed by atoms with E-state index in [1.54, 1.807) is 6.20 Å². The number of carbonyl (C=O) groups is 1. The summed E-state index contributed by atoms with van der Waals surface area (Å²) in [6.45, 7) is 0.763. The van der Waals surface area contributed by atoms with Crippen molar-refractivity contribution in [1.29, 1.82) is 0 Å². The predicted molar refractivity (Wildman–Crippen MR) is 115 cm³/mol. The number of amides is 1. The van der Waals surface area contributed by atoms with Gasteiger partial charge >= 0.3 is 0 Å². The summed E-state index contributed by atoms with van der Waals surface area (Å²) in [7, 11) is 0. The van der Waals surface area contributed by atoms with E-state index in [1.165, 1.54) is 10.8 Å². The van der Waals surface area contributed by atoms with Crippen molar-refractivity contribution in [3.8, 4) is 11.3 Å². The highest BCUT2D eigenvalue weighted by Gasteiger charge is 2.13. The second-order valence-electron chi connectivity index (χ2n) is 6.70. The monoisotopic (exact) mass is 383 g/mol. The molecule has 4 aromatic rings. The summed E-state index contributed by atoms with van der Waals surface area (Å²) in [5, 5.41) is 5.88. The highest BCUT2D eigenvalue weighted by Crippen LogP contribution is 2.24. The van der Waals surface area contributed by atoms with Crippen molar-refractivity contribution in [3.63, 3.8) is 0 Å². The molecule has 6 nitrogen and oxygen atoms in total. The number of carbonyl (C=O) groups excluding carboxylic acids is 1. The van der Waals surface area contributed by atoms with Crippen LogP contribution in [0.25, 0.3) is 22.0 Å². The number of aromatic nitrogens is 2. The summed E-state index contributed by atoms with van der Waals surface area (Å²) in [6.07, 6.45) is 1.62. The van der Waals surface area contributed by atoms with E-state index in [2.05, 4.69) is 39.6 Å². The zero-order chi connectivity index (χ0) is 20.2. The molecule has 0 saturated heterocycles. The molecule has 0 fully saturated rings. The second-order valence-corrected chi connectivity index (χ2v) is 6.70. The third-order valence-electron chi connectivity index (χ3n) is 4.77. The number of primary amides is 1. The minimum absolute atomic E-state index is 0.112. The molecule has 0 bridgehead atoms. The fourth-order valence-electron chi connectivity index (χ4n) is 3.32. The largest absolute Gasteiger partial charge is 0.380 e. The van der Waals surface area contributed by atoms with Crippen LogP contribution in [0.5, 0.6) is 0 Å². The zero-order valence-corrected chi connectivity index (χ0v) is 15.8. The van der Waals surface area contributed by atoms with Gasteiger partial charge < -0.3 is 16.8 Å². The standard InChI is InChI=1S/C23H21N5O/c24-12-20-22(23(25)29)28-21(14-27-20)17-8-3-5-15(11-17)13-26-19-10-4-7-16-6-1-2-9-18(16)19/h1-11,14,26H,12-13,24H2,(H2,25,29). The molecule has 5 N–H and O–H groups in total. The van der Waals surface area contributed by atoms with Gasteiger partial charge in [-0.1, -0.05) is 54.6 Å². The molecule has 0 radical (unpaired) electrons. The van der Waals surface area contributed by atoms with Gasteiger partial charge in [0, 0.05) is 29.7 Å². The van der Waals surface area contributed by atoms with E-state index in [9.17, 15) is 4.79 Å². The van der Waals surface area contributed by atoms with E-state index in [1.807, 2.05) is 42.5 Å². The van der Waals surface area contributed by atoms with Crippen molar-refractivity contribution < 1.29 is 4.79 Å². The number of nitrogens with zero attached hydrogens (tertiary/aromatic N) is 2. The molecule has 29 heavy (non-hydrogen) atoms. The number of rotatable bonds is 6. The Morgan fingerprint density at radius 1 is 1.00 bits per heavy atom. The van der Waals surface area contributed by atoms with Gasteiger partial charge in [0.15, 0.2) is 5.69 Å². The lowest BCUT2D eigenvalue weighted by molar-refractivity contribution is 0.0994. The van der Waals surface area contributed by atoms with Crippen molar-refractivity contribution in [2.75, 3.05) is 5.32 Å². The smallest absolute Gasteiger partial charge is 0.269 e. The summed E-state index contributed by atoms with van der Waals surface area (Å²) < 4.78 is 0. The molecule has 0 unspecified atom stereocenters. The lowest BCUT2D eigenvalue weighted by Crippen LogP contribution is -2.19. The van der Waals surface area contributed by atoms with Crippen molar-refractivity contribution in [2.24, 2.45) is 11.5 Å². The Kier molecular flexibility index (Phi) is 5.18. The first-order valence-electron chi connectivity index (χ1n) is 9.32. The molecule has 3 aromatic carbocycles. The van der Waals surface area contributed by atoms with Crippen LogP contribution in [0.4, 0.5) is 5.69 Å². The molecule has 1 aromatic heterocycles. The fourth-order valence-corrected chi connectivity index (χ4v) is 3.32. The second kappa shape index (κ2) is 8.08. The Labute approximate surface area is 168 Å². The van der Waals surface area contributed by atoms with Crippen LogP contribution >= 0.6 is 0 Å². The number of hydrogen-bond acceptors (Lipinski definition) is 5. The molecule has 1 amide bonds. The molecule has 0 aliphatic rings. The van der Waals surface area contributed by atoms with Crippen LogP contribution in [0.15, 0.2) is 72.9 Å². The van der Waals surface area contributed by atoms with E-state index in [0.29, 0.717) is 17.9 Å². The maximum absolute atomic E-state index is 11.7. The molecule has 6 heteroatoms. The Balaban J connectivity index is 1.59. The van der Waals surface area contributed by atoms with Gasteiger partial charge in [0.1, 0.15) is 0 Å². The third kappa shape index (κ3) is 3.93. The average Bonchev–Trinajstić information content (AvgIpc) is 2.77. The summed E-state index contributed by atoms with van der Waals surface area (Å²) in [4.78, 5) is 20.3. The maximum atomic E-state index is 11.7. The van der Waals surface area contributed by atoms with Gasteiger partial charge in [-0.2, -0.15) is 0 Å². The topological polar surface area (TPSA) is 107 Å². The van der Waals surface area contributed by atoms with Gasteiger partial charge in [0.05, 0.1) is 17.6 Å². The molecule has 0 aliphatic carbocycles. The van der Waals surface area contributed by atoms with E-state index in [0.717, 1.165) is 16.8 Å². The molecular formula is C23H21N5O. The van der Waals surface area contributed by atoms with Gasteiger partial charge in [-0.3, -0.25) is 9.78 Å². The number of nitrogens with two attached hydrogens (primary N) is 2. The highest BCUT2D eigenvalue weighted by atomic mass is 16.1. The van der Waals surface area contributed by atoms with Crippen LogP contribution in [-0.2, 0) is 13.1 Å². The van der Waals surface area contributed by atoms with E-state index >= 15 is 0 Å². The van der Waals surface area contributed by atoms with Crippen molar-refractivity contribution in [3.05, 3.63) is 89.9 Å². The van der Waals surface area contributed by atoms with Crippen LogP contribution in [0.1, 0.15) is 21.7 Å². The molecule has 0 saturated carbocycles. The normalized spacial score (nSPS) is 10.8. The summed E-state index contributed by atoms with van der Waals surface area (Å²) in [5.41, 5.74) is 15.2. The lowest BCUT2D eigenvalue weighted by Gasteiger charge is -2.11. The minimum Gasteiger partial charge on any atom is -0.380 e. The first kappa shape index (κ1) is 18.6. The van der Waals surface area contributed by atoms with Crippen LogP contribution < -0.4 is 16.8 Å². The lowest BCUT2D eigenvalue weighted by atomic mass is 10.1. The Morgan fingerprint density at radius 3 is 2.62 bits per heavy atom. The molecule has 1 heterocycles. The summed E-state index contributed by atoms with van der Waals surface area (Å²) in [5.74, 6) is -0.631. The molecule has 4 rings (SSSR count). The SMILES string of the molecule is NCc1ncc(-c2cccc(CNc3cccc4ccccc34)c2)nc1C(N)=O. The van der Waals surface area contributed by atoms with Crippen LogP contribution in [0, 0.1) is 0 Å². The number of hydrogen-bond donors (Lipinski definition) is 3. The summed E-state index contributed by atoms with van der Waals surface area (Å²) in [6, 6.07) is 22.4.